The van der Waals surface area contributed by atoms with Gasteiger partial charge in [-0.15, -0.1) is 0 Å². The maximum absolute atomic E-state index is 13.2. The Labute approximate surface area is 307 Å². The van der Waals surface area contributed by atoms with Crippen LogP contribution in [0, 0.1) is 0 Å². The van der Waals surface area contributed by atoms with Gasteiger partial charge in [0.05, 0.1) is 30.1 Å². The van der Waals surface area contributed by atoms with Crippen molar-refractivity contribution in [3.63, 3.8) is 0 Å². The van der Waals surface area contributed by atoms with E-state index in [1.165, 1.54) is 12.3 Å². The van der Waals surface area contributed by atoms with Gasteiger partial charge in [0.1, 0.15) is 42.2 Å². The summed E-state index contributed by atoms with van der Waals surface area (Å²) in [6, 6.07) is 11.2. The first-order chi connectivity index (χ1) is 26.2. The van der Waals surface area contributed by atoms with E-state index in [9.17, 15) is 24.0 Å². The molecule has 2 aliphatic rings. The molecular formula is C36H35N11O7. The molecule has 2 aliphatic heterocycles. The number of nitrogens with zero attached hydrogens (tertiary/aromatic N) is 7. The minimum absolute atomic E-state index is 0.00250. The normalized spacial score (nSPS) is 15.3. The number of carbonyl (C=O) groups is 5. The number of fused-ring (bicyclic) bond motifs is 2. The SMILES string of the molecule is CN(CCNC(=O)COCCOc1cccc2c1C(=O)N(C1CCC(=O)NC1=O)C2=O)c1ccc(Nc2nc(-c3cncc(N)n3)cn3ccnc23)cc1. The van der Waals surface area contributed by atoms with Crippen molar-refractivity contribution in [2.24, 2.45) is 0 Å². The molecule has 2 aromatic carbocycles. The van der Waals surface area contributed by atoms with Crippen LogP contribution in [-0.4, -0.2) is 105 Å². The van der Waals surface area contributed by atoms with E-state index in [1.807, 2.05) is 53.0 Å². The summed E-state index contributed by atoms with van der Waals surface area (Å²) in [5.41, 5.74) is 9.45. The van der Waals surface area contributed by atoms with Gasteiger partial charge in [0.15, 0.2) is 11.5 Å². The van der Waals surface area contributed by atoms with Crippen molar-refractivity contribution in [1.29, 1.82) is 0 Å². The number of hydrogen-bond acceptors (Lipinski definition) is 14. The number of nitrogens with one attached hydrogen (secondary N) is 3. The lowest BCUT2D eigenvalue weighted by atomic mass is 10.0. The van der Waals surface area contributed by atoms with Crippen LogP contribution < -0.4 is 31.3 Å². The summed E-state index contributed by atoms with van der Waals surface area (Å²) in [6.07, 6.45) is 8.45. The van der Waals surface area contributed by atoms with Crippen LogP contribution in [0.4, 0.5) is 23.0 Å². The summed E-state index contributed by atoms with van der Waals surface area (Å²) < 4.78 is 13.0. The summed E-state index contributed by atoms with van der Waals surface area (Å²) >= 11 is 0. The Morgan fingerprint density at radius 2 is 1.87 bits per heavy atom. The zero-order valence-corrected chi connectivity index (χ0v) is 29.0. The van der Waals surface area contributed by atoms with Crippen molar-refractivity contribution in [3.8, 4) is 17.1 Å². The molecule has 1 fully saturated rings. The quantitative estimate of drug-likeness (QED) is 0.0939. The highest BCUT2D eigenvalue weighted by molar-refractivity contribution is 6.24. The number of aromatic nitrogens is 5. The van der Waals surface area contributed by atoms with Gasteiger partial charge in [0.2, 0.25) is 17.7 Å². The van der Waals surface area contributed by atoms with Crippen molar-refractivity contribution >= 4 is 58.2 Å². The highest BCUT2D eigenvalue weighted by Crippen LogP contribution is 2.33. The molecule has 5 aromatic rings. The zero-order valence-electron chi connectivity index (χ0n) is 29.0. The van der Waals surface area contributed by atoms with Crippen molar-refractivity contribution in [2.75, 3.05) is 55.9 Å². The number of benzene rings is 2. The van der Waals surface area contributed by atoms with Gasteiger partial charge in [0, 0.05) is 56.5 Å². The summed E-state index contributed by atoms with van der Waals surface area (Å²) in [7, 11) is 1.91. The van der Waals surface area contributed by atoms with Crippen LogP contribution in [0.5, 0.6) is 5.75 Å². The number of carbonyl (C=O) groups excluding carboxylic acids is 5. The fourth-order valence-corrected chi connectivity index (χ4v) is 6.10. The highest BCUT2D eigenvalue weighted by atomic mass is 16.5. The Morgan fingerprint density at radius 1 is 1.04 bits per heavy atom. The van der Waals surface area contributed by atoms with E-state index in [4.69, 9.17) is 20.2 Å². The van der Waals surface area contributed by atoms with E-state index >= 15 is 0 Å². The van der Waals surface area contributed by atoms with Crippen LogP contribution in [0.1, 0.15) is 33.6 Å². The van der Waals surface area contributed by atoms with Crippen LogP contribution >= 0.6 is 0 Å². The summed E-state index contributed by atoms with van der Waals surface area (Å²) in [5.74, 6) is -1.76. The predicted octanol–water partition coefficient (Wildman–Crippen LogP) is 1.56. The van der Waals surface area contributed by atoms with E-state index in [2.05, 4.69) is 30.9 Å². The molecule has 3 aromatic heterocycles. The Balaban J connectivity index is 0.844. The smallest absolute Gasteiger partial charge is 0.266 e. The lowest BCUT2D eigenvalue weighted by Gasteiger charge is -2.27. The Bertz CT molecular complexity index is 2260. The van der Waals surface area contributed by atoms with Gasteiger partial charge in [-0.05, 0) is 42.8 Å². The van der Waals surface area contributed by atoms with Crippen LogP contribution in [-0.2, 0) is 19.1 Å². The first-order valence-corrected chi connectivity index (χ1v) is 17.0. The summed E-state index contributed by atoms with van der Waals surface area (Å²) in [5, 5.41) is 8.32. The molecule has 0 saturated carbocycles. The molecule has 5 amide bonds. The zero-order chi connectivity index (χ0) is 37.8. The average molecular weight is 734 g/mol. The van der Waals surface area contributed by atoms with Crippen molar-refractivity contribution < 1.29 is 33.4 Å². The topological polar surface area (TPSA) is 228 Å². The number of amides is 5. The number of rotatable bonds is 14. The molecule has 1 unspecified atom stereocenters. The number of nitrogens with two attached hydrogens (primary N) is 1. The number of imidazole rings is 1. The third kappa shape index (κ3) is 7.49. The molecule has 1 atom stereocenters. The molecular weight excluding hydrogens is 698 g/mol. The number of nitrogen functional groups attached to an aromatic ring is 1. The monoisotopic (exact) mass is 733 g/mol. The van der Waals surface area contributed by atoms with Gasteiger partial charge in [0.25, 0.3) is 11.8 Å². The third-order valence-electron chi connectivity index (χ3n) is 8.78. The molecule has 0 aliphatic carbocycles. The first-order valence-electron chi connectivity index (χ1n) is 17.0. The standard InChI is InChI=1S/C36H35N11O7/c1-45(22-7-5-21(6-8-22)41-32-33-40-12-14-46(33)19-25(43-32)24-17-38-18-28(37)42-24)13-11-39-30(49)20-53-15-16-54-27-4-2-3-23-31(27)36(52)47(35(23)51)26-9-10-29(48)44-34(26)50/h2-8,12,14,17-19,26H,9-11,13,15-16,20H2,1H3,(H2,37,42)(H,39,49)(H,41,43)(H,44,48,50). The molecule has 54 heavy (non-hydrogen) atoms. The summed E-state index contributed by atoms with van der Waals surface area (Å²) in [4.78, 5) is 82.9. The molecule has 276 valence electrons. The predicted molar refractivity (Wildman–Crippen MR) is 194 cm³/mol. The van der Waals surface area contributed by atoms with Gasteiger partial charge in [-0.2, -0.15) is 0 Å². The highest BCUT2D eigenvalue weighted by Gasteiger charge is 2.46. The van der Waals surface area contributed by atoms with E-state index in [0.717, 1.165) is 16.3 Å². The Kier molecular flexibility index (Phi) is 10.1. The fraction of sp³-hybridized carbons (Fsp3) is 0.250. The maximum Gasteiger partial charge on any atom is 0.266 e. The molecule has 5 heterocycles. The van der Waals surface area contributed by atoms with Gasteiger partial charge in [-0.1, -0.05) is 6.07 Å². The maximum atomic E-state index is 13.2. The van der Waals surface area contributed by atoms with Gasteiger partial charge < -0.3 is 35.1 Å². The van der Waals surface area contributed by atoms with E-state index in [-0.39, 0.29) is 55.4 Å². The second-order valence-electron chi connectivity index (χ2n) is 12.4. The number of likely N-dealkylation sites (N-methyl/N-ethyl adjacent to an activating group) is 1. The Hall–Kier alpha value is -6.95. The molecule has 0 radical (unpaired) electrons. The fourth-order valence-electron chi connectivity index (χ4n) is 6.10. The molecule has 1 saturated heterocycles. The third-order valence-corrected chi connectivity index (χ3v) is 8.78. The number of piperidine rings is 1. The summed E-state index contributed by atoms with van der Waals surface area (Å²) in [6.45, 7) is 0.736. The molecule has 5 N–H and O–H groups in total. The number of hydrogen-bond donors (Lipinski definition) is 4. The number of imide groups is 2. The molecule has 18 nitrogen and oxygen atoms in total. The van der Waals surface area contributed by atoms with E-state index in [1.54, 1.807) is 24.5 Å². The minimum atomic E-state index is -1.08. The largest absolute Gasteiger partial charge is 0.490 e. The molecule has 0 bridgehead atoms. The van der Waals surface area contributed by atoms with Crippen LogP contribution in [0.3, 0.4) is 0 Å². The van der Waals surface area contributed by atoms with Gasteiger partial charge >= 0.3 is 0 Å². The van der Waals surface area contributed by atoms with Crippen molar-refractivity contribution in [1.82, 2.24) is 39.9 Å². The van der Waals surface area contributed by atoms with Crippen LogP contribution in [0.15, 0.2) is 73.4 Å². The Morgan fingerprint density at radius 3 is 2.67 bits per heavy atom. The van der Waals surface area contributed by atoms with Crippen molar-refractivity contribution in [3.05, 3.63) is 84.6 Å². The van der Waals surface area contributed by atoms with E-state index in [0.29, 0.717) is 41.8 Å². The first kappa shape index (κ1) is 35.5. The number of anilines is 4. The average Bonchev–Trinajstić information content (AvgIpc) is 3.74. The lowest BCUT2D eigenvalue weighted by Crippen LogP contribution is -2.54. The molecule has 0 spiro atoms. The van der Waals surface area contributed by atoms with Crippen LogP contribution in [0.25, 0.3) is 17.0 Å². The van der Waals surface area contributed by atoms with Crippen LogP contribution in [0.2, 0.25) is 0 Å². The van der Waals surface area contributed by atoms with E-state index < -0.39 is 29.7 Å². The second-order valence-corrected chi connectivity index (χ2v) is 12.4. The minimum Gasteiger partial charge on any atom is -0.490 e. The number of ether oxygens (including phenoxy) is 2. The van der Waals surface area contributed by atoms with Crippen molar-refractivity contribution in [2.45, 2.75) is 18.9 Å². The second kappa shape index (κ2) is 15.3. The van der Waals surface area contributed by atoms with Gasteiger partial charge in [-0.3, -0.25) is 39.2 Å². The lowest BCUT2D eigenvalue weighted by molar-refractivity contribution is -0.136. The molecule has 7 rings (SSSR count). The van der Waals surface area contributed by atoms with Gasteiger partial charge in [-0.25, -0.2) is 15.0 Å². The molecule has 18 heteroatoms.